The molecule has 0 spiro atoms. The van der Waals surface area contributed by atoms with Crippen LogP contribution in [0.3, 0.4) is 0 Å². The maximum absolute atomic E-state index is 13.1. The van der Waals surface area contributed by atoms with Crippen molar-refractivity contribution in [3.05, 3.63) is 143 Å². The van der Waals surface area contributed by atoms with E-state index in [1.165, 1.54) is 74.9 Å². The van der Waals surface area contributed by atoms with Crippen molar-refractivity contribution in [3.8, 4) is 23.0 Å². The first-order chi connectivity index (χ1) is 31.2. The average Bonchev–Trinajstić information content (AvgIpc) is 3.30. The molecule has 0 aliphatic rings. The summed E-state index contributed by atoms with van der Waals surface area (Å²) in [7, 11) is 2.66. The Morgan fingerprint density at radius 3 is 1.40 bits per heavy atom. The van der Waals surface area contributed by atoms with Crippen LogP contribution in [0.4, 0.5) is 9.59 Å². The minimum absolute atomic E-state index is 0.0146. The fraction of sp³-hybridized carbons (Fsp3) is 0.213. The highest BCUT2D eigenvalue weighted by Gasteiger charge is 2.27. The molecule has 4 aromatic rings. The van der Waals surface area contributed by atoms with Crippen molar-refractivity contribution in [2.75, 3.05) is 14.2 Å². The van der Waals surface area contributed by atoms with Crippen LogP contribution in [0.1, 0.15) is 47.9 Å². The SMILES string of the molecule is COc1cc(/C=C/C(=O)/C=C(O)/C=C/c2ccc(OC(=O)[C@H](CCC(N)=O)NC(=O)OCc3ccccc3)c(OC)c2)ccc1OC(=O)[C@H](CCC(N)=O)NC(=O)OCc1ccccc1. The number of hydrogen-bond acceptors (Lipinski definition) is 14. The Kier molecular flexibility index (Phi) is 19.3. The first kappa shape index (κ1) is 49.2. The molecule has 4 rings (SSSR count). The molecule has 18 heteroatoms. The third-order valence-electron chi connectivity index (χ3n) is 8.91. The maximum Gasteiger partial charge on any atom is 0.408 e. The topological polar surface area (TPSA) is 271 Å². The van der Waals surface area contributed by atoms with Gasteiger partial charge in [0, 0.05) is 18.9 Å². The molecule has 65 heavy (non-hydrogen) atoms. The second-order valence-electron chi connectivity index (χ2n) is 13.8. The number of benzene rings is 4. The second-order valence-corrected chi connectivity index (χ2v) is 13.8. The Labute approximate surface area is 373 Å². The number of primary amides is 2. The quantitative estimate of drug-likeness (QED) is 0.0206. The van der Waals surface area contributed by atoms with Gasteiger partial charge in [-0.05, 0) is 71.5 Å². The number of ketones is 1. The lowest BCUT2D eigenvalue weighted by Gasteiger charge is -2.18. The van der Waals surface area contributed by atoms with Crippen molar-refractivity contribution >= 4 is 53.9 Å². The largest absolute Gasteiger partial charge is 0.508 e. The van der Waals surface area contributed by atoms with Crippen molar-refractivity contribution in [3.63, 3.8) is 0 Å². The first-order valence-electron chi connectivity index (χ1n) is 19.8. The molecule has 4 amide bonds. The van der Waals surface area contributed by atoms with Gasteiger partial charge in [0.25, 0.3) is 0 Å². The van der Waals surface area contributed by atoms with E-state index in [0.717, 1.165) is 17.2 Å². The van der Waals surface area contributed by atoms with E-state index in [2.05, 4.69) is 10.6 Å². The number of aliphatic hydroxyl groups is 1. The highest BCUT2D eigenvalue weighted by Crippen LogP contribution is 2.30. The summed E-state index contributed by atoms with van der Waals surface area (Å²) in [4.78, 5) is 86.8. The van der Waals surface area contributed by atoms with Crippen molar-refractivity contribution in [1.82, 2.24) is 10.6 Å². The smallest absolute Gasteiger partial charge is 0.408 e. The summed E-state index contributed by atoms with van der Waals surface area (Å²) in [5.74, 6) is -4.03. The zero-order valence-electron chi connectivity index (χ0n) is 35.4. The molecule has 0 unspecified atom stereocenters. The molecule has 0 aromatic heterocycles. The van der Waals surface area contributed by atoms with Gasteiger partial charge in [-0.25, -0.2) is 19.2 Å². The average molecular weight is 893 g/mol. The van der Waals surface area contributed by atoms with Crippen molar-refractivity contribution in [2.45, 2.75) is 51.0 Å². The molecule has 2 atom stereocenters. The van der Waals surface area contributed by atoms with E-state index < -0.39 is 59.6 Å². The van der Waals surface area contributed by atoms with E-state index in [4.69, 9.17) is 39.9 Å². The molecule has 4 aromatic carbocycles. The standard InChI is InChI=1S/C47H48N4O14/c1-60-40-25-30(15-21-38(40)64-44(56)36(19-23-42(48)54)50-46(58)62-28-32-9-5-3-6-10-32)13-17-34(52)27-35(53)18-14-31-16-22-39(41(26-31)61-2)65-45(57)37(20-24-43(49)55)51-47(59)63-29-33-11-7-4-8-12-33/h3-18,21-22,25-27,36-37,52H,19-20,23-24,28-29H2,1-2H3,(H2,48,54)(H2,49,55)(H,50,58)(H,51,59)/b17-13+,18-14+,34-27-/t36-,37-/m0/s1. The van der Waals surface area contributed by atoms with Gasteiger partial charge in [0.15, 0.2) is 28.8 Å². The van der Waals surface area contributed by atoms with Crippen LogP contribution in [-0.4, -0.2) is 73.1 Å². The van der Waals surface area contributed by atoms with Crippen LogP contribution in [-0.2, 0) is 46.7 Å². The first-order valence-corrected chi connectivity index (χ1v) is 19.8. The van der Waals surface area contributed by atoms with Crippen LogP contribution in [0.25, 0.3) is 12.2 Å². The van der Waals surface area contributed by atoms with E-state index in [9.17, 15) is 38.7 Å². The maximum atomic E-state index is 13.1. The molecule has 7 N–H and O–H groups in total. The van der Waals surface area contributed by atoms with E-state index >= 15 is 0 Å². The third kappa shape index (κ3) is 17.5. The summed E-state index contributed by atoms with van der Waals surface area (Å²) in [6.07, 6.45) is 3.67. The van der Waals surface area contributed by atoms with Gasteiger partial charge in [0.05, 0.1) is 14.2 Å². The van der Waals surface area contributed by atoms with E-state index in [-0.39, 0.29) is 61.9 Å². The molecule has 0 radical (unpaired) electrons. The van der Waals surface area contributed by atoms with Gasteiger partial charge in [0.2, 0.25) is 11.8 Å². The van der Waals surface area contributed by atoms with Gasteiger partial charge >= 0.3 is 24.1 Å². The summed E-state index contributed by atoms with van der Waals surface area (Å²) >= 11 is 0. The molecular formula is C47H48N4O14. The Morgan fingerprint density at radius 1 is 0.585 bits per heavy atom. The lowest BCUT2D eigenvalue weighted by Crippen LogP contribution is -2.43. The summed E-state index contributed by atoms with van der Waals surface area (Å²) in [5, 5.41) is 15.3. The third-order valence-corrected chi connectivity index (χ3v) is 8.91. The van der Waals surface area contributed by atoms with Crippen LogP contribution in [0.2, 0.25) is 0 Å². The van der Waals surface area contributed by atoms with Gasteiger partial charge in [-0.2, -0.15) is 0 Å². The summed E-state index contributed by atoms with van der Waals surface area (Å²) in [6.45, 7) is -0.116. The number of nitrogens with one attached hydrogen (secondary N) is 2. The molecule has 0 aliphatic carbocycles. The number of esters is 2. The van der Waals surface area contributed by atoms with Gasteiger partial charge < -0.3 is 55.6 Å². The lowest BCUT2D eigenvalue weighted by molar-refractivity contribution is -0.138. The molecule has 0 aliphatic heterocycles. The van der Waals surface area contributed by atoms with Gasteiger partial charge in [-0.15, -0.1) is 0 Å². The molecule has 0 saturated heterocycles. The number of ether oxygens (including phenoxy) is 6. The number of nitrogens with two attached hydrogens (primary N) is 2. The highest BCUT2D eigenvalue weighted by molar-refractivity contribution is 6.02. The number of carbonyl (C=O) groups excluding carboxylic acids is 7. The Balaban J connectivity index is 1.35. The fourth-order valence-electron chi connectivity index (χ4n) is 5.59. The molecule has 0 saturated carbocycles. The van der Waals surface area contributed by atoms with Gasteiger partial charge in [-0.1, -0.05) is 84.9 Å². The number of hydrogen-bond donors (Lipinski definition) is 5. The normalized spacial score (nSPS) is 12.1. The zero-order chi connectivity index (χ0) is 47.1. The van der Waals surface area contributed by atoms with Crippen LogP contribution in [0.5, 0.6) is 23.0 Å². The Morgan fingerprint density at radius 2 is 1.00 bits per heavy atom. The predicted octanol–water partition coefficient (Wildman–Crippen LogP) is 5.37. The molecule has 0 bridgehead atoms. The van der Waals surface area contributed by atoms with Crippen molar-refractivity contribution in [1.29, 1.82) is 0 Å². The number of methoxy groups -OCH3 is 2. The van der Waals surface area contributed by atoms with Crippen LogP contribution >= 0.6 is 0 Å². The minimum Gasteiger partial charge on any atom is -0.508 e. The van der Waals surface area contributed by atoms with E-state index in [0.29, 0.717) is 11.1 Å². The summed E-state index contributed by atoms with van der Waals surface area (Å²) in [6, 6.07) is 24.0. The number of allylic oxidation sites excluding steroid dienone is 3. The monoisotopic (exact) mass is 892 g/mol. The van der Waals surface area contributed by atoms with Crippen LogP contribution in [0, 0.1) is 0 Å². The van der Waals surface area contributed by atoms with Crippen molar-refractivity contribution in [2.24, 2.45) is 11.5 Å². The van der Waals surface area contributed by atoms with E-state index in [1.807, 2.05) is 6.07 Å². The number of rotatable bonds is 23. The molecule has 18 nitrogen and oxygen atoms in total. The fourth-order valence-corrected chi connectivity index (χ4v) is 5.59. The number of carbonyl (C=O) groups is 7. The highest BCUT2D eigenvalue weighted by atomic mass is 16.6. The lowest BCUT2D eigenvalue weighted by atomic mass is 10.1. The minimum atomic E-state index is -1.29. The summed E-state index contributed by atoms with van der Waals surface area (Å²) in [5.41, 5.74) is 12.9. The van der Waals surface area contributed by atoms with Crippen LogP contribution < -0.4 is 41.0 Å². The number of alkyl carbamates (subject to hydrolysis) is 2. The number of aliphatic hydroxyl groups excluding tert-OH is 1. The Hall–Kier alpha value is -8.41. The zero-order valence-corrected chi connectivity index (χ0v) is 35.4. The van der Waals surface area contributed by atoms with Crippen molar-refractivity contribution < 1.29 is 67.1 Å². The van der Waals surface area contributed by atoms with E-state index in [1.54, 1.807) is 54.6 Å². The molecule has 0 heterocycles. The van der Waals surface area contributed by atoms with Crippen LogP contribution in [0.15, 0.2) is 121 Å². The molecular weight excluding hydrogens is 845 g/mol. The molecule has 0 fully saturated rings. The van der Waals surface area contributed by atoms with Gasteiger partial charge in [0.1, 0.15) is 31.1 Å². The predicted molar refractivity (Wildman–Crippen MR) is 235 cm³/mol. The second kappa shape index (κ2) is 25.5. The Bertz CT molecular complexity index is 2400. The molecule has 340 valence electrons. The number of amides is 4. The van der Waals surface area contributed by atoms with Gasteiger partial charge in [-0.3, -0.25) is 14.4 Å². The summed E-state index contributed by atoms with van der Waals surface area (Å²) < 4.78 is 32.1.